The number of rotatable bonds is 7. The van der Waals surface area contributed by atoms with E-state index < -0.39 is 0 Å². The van der Waals surface area contributed by atoms with Crippen LogP contribution < -0.4 is 14.2 Å². The predicted molar refractivity (Wildman–Crippen MR) is 135 cm³/mol. The number of benzene rings is 2. The number of nitrogens with zero attached hydrogens (tertiary/aromatic N) is 3. The largest absolute Gasteiger partial charge is 0.496 e. The number of pyridine rings is 1. The Balaban J connectivity index is 1.92. The van der Waals surface area contributed by atoms with Crippen molar-refractivity contribution >= 4 is 23.4 Å². The van der Waals surface area contributed by atoms with E-state index in [-0.39, 0.29) is 0 Å². The van der Waals surface area contributed by atoms with Gasteiger partial charge in [0.2, 0.25) is 0 Å². The van der Waals surface area contributed by atoms with E-state index >= 15 is 0 Å². The molecule has 3 aromatic rings. The zero-order valence-electron chi connectivity index (χ0n) is 19.6. The Kier molecular flexibility index (Phi) is 7.52. The van der Waals surface area contributed by atoms with Crippen LogP contribution in [0.2, 0.25) is 5.02 Å². The van der Waals surface area contributed by atoms with Crippen molar-refractivity contribution in [2.45, 2.75) is 23.7 Å². The number of hydrogen-bond acceptors (Lipinski definition) is 7. The molecule has 1 aromatic heterocycles. The van der Waals surface area contributed by atoms with Crippen molar-refractivity contribution in [3.05, 3.63) is 63.8 Å². The summed E-state index contributed by atoms with van der Waals surface area (Å²) in [5, 5.41) is 11.7. The lowest BCUT2D eigenvalue weighted by molar-refractivity contribution is 0.309. The molecule has 0 spiro atoms. The highest BCUT2D eigenvalue weighted by Crippen LogP contribution is 2.45. The molecule has 6 nitrogen and oxygen atoms in total. The molecule has 0 radical (unpaired) electrons. The molecule has 0 aliphatic carbocycles. The van der Waals surface area contributed by atoms with E-state index in [1.165, 1.54) is 11.8 Å². The maximum Gasteiger partial charge on any atom is 0.164 e. The minimum absolute atomic E-state index is 0.525. The molecule has 0 saturated carbocycles. The first-order chi connectivity index (χ1) is 16.5. The second-order valence-electron chi connectivity index (χ2n) is 7.98. The molecular weight excluding hydrogens is 470 g/mol. The fourth-order valence-corrected chi connectivity index (χ4v) is 5.45. The van der Waals surface area contributed by atoms with Gasteiger partial charge in [-0.05, 0) is 30.3 Å². The highest BCUT2D eigenvalue weighted by molar-refractivity contribution is 7.98. The Morgan fingerprint density at radius 3 is 2.47 bits per heavy atom. The fourth-order valence-electron chi connectivity index (χ4n) is 4.16. The van der Waals surface area contributed by atoms with Gasteiger partial charge in [0, 0.05) is 53.2 Å². The highest BCUT2D eigenvalue weighted by atomic mass is 35.5. The average molecular weight is 496 g/mol. The van der Waals surface area contributed by atoms with Crippen LogP contribution >= 0.6 is 23.4 Å². The molecule has 0 N–H and O–H groups in total. The summed E-state index contributed by atoms with van der Waals surface area (Å²) in [6.45, 7) is 1.60. The van der Waals surface area contributed by atoms with Crippen LogP contribution in [-0.2, 0) is 18.7 Å². The number of thioether (sulfide) groups is 1. The summed E-state index contributed by atoms with van der Waals surface area (Å²) < 4.78 is 16.8. The standard InChI is InChI=1S/C26H26ClN3O3S/c1-30-10-9-21-19(14-30)25(17-11-23(32-3)24(33-4)12-22(17)31-2)18(13-28)26(29-21)34-15-16-7-5-6-8-20(16)27/h5-8,11-12H,9-10,14-15H2,1-4H3. The van der Waals surface area contributed by atoms with Crippen molar-refractivity contribution < 1.29 is 14.2 Å². The Bertz CT molecular complexity index is 1260. The molecule has 0 amide bonds. The Morgan fingerprint density at radius 2 is 1.79 bits per heavy atom. The number of aromatic nitrogens is 1. The topological polar surface area (TPSA) is 67.6 Å². The van der Waals surface area contributed by atoms with E-state index in [2.05, 4.69) is 18.0 Å². The first-order valence-corrected chi connectivity index (χ1v) is 12.2. The van der Waals surface area contributed by atoms with Crippen LogP contribution in [0.3, 0.4) is 0 Å². The monoisotopic (exact) mass is 495 g/mol. The fraction of sp³-hybridized carbons (Fsp3) is 0.308. The van der Waals surface area contributed by atoms with E-state index in [0.29, 0.717) is 45.2 Å². The third-order valence-corrected chi connectivity index (χ3v) is 7.31. The first-order valence-electron chi connectivity index (χ1n) is 10.8. The zero-order valence-corrected chi connectivity index (χ0v) is 21.2. The van der Waals surface area contributed by atoms with Crippen molar-refractivity contribution in [1.29, 1.82) is 5.26 Å². The molecule has 176 valence electrons. The summed E-state index contributed by atoms with van der Waals surface area (Å²) in [4.78, 5) is 7.19. The smallest absolute Gasteiger partial charge is 0.164 e. The van der Waals surface area contributed by atoms with Gasteiger partial charge in [0.1, 0.15) is 16.8 Å². The molecule has 0 atom stereocenters. The minimum atomic E-state index is 0.525. The lowest BCUT2D eigenvalue weighted by atomic mass is 9.91. The summed E-state index contributed by atoms with van der Waals surface area (Å²) >= 11 is 7.90. The Morgan fingerprint density at radius 1 is 1.09 bits per heavy atom. The van der Waals surface area contributed by atoms with Gasteiger partial charge in [0.05, 0.1) is 26.9 Å². The number of fused-ring (bicyclic) bond motifs is 1. The Hall–Kier alpha value is -2.92. The number of nitriles is 1. The zero-order chi connectivity index (χ0) is 24.2. The van der Waals surface area contributed by atoms with Crippen LogP contribution in [0.15, 0.2) is 41.4 Å². The SMILES string of the molecule is COc1cc(OC)c(-c2c(C#N)c(SCc3ccccc3Cl)nc3c2CN(C)CC3)cc1OC. The number of hydrogen-bond donors (Lipinski definition) is 0. The van der Waals surface area contributed by atoms with Gasteiger partial charge in [-0.3, -0.25) is 0 Å². The molecule has 2 aromatic carbocycles. The van der Waals surface area contributed by atoms with Gasteiger partial charge in [-0.25, -0.2) is 4.98 Å². The van der Waals surface area contributed by atoms with Gasteiger partial charge in [-0.2, -0.15) is 5.26 Å². The average Bonchev–Trinajstić information content (AvgIpc) is 2.86. The van der Waals surface area contributed by atoms with Crippen LogP contribution in [0, 0.1) is 11.3 Å². The minimum Gasteiger partial charge on any atom is -0.496 e. The maximum absolute atomic E-state index is 10.3. The van der Waals surface area contributed by atoms with Crippen LogP contribution in [-0.4, -0.2) is 44.8 Å². The van der Waals surface area contributed by atoms with Crippen molar-refractivity contribution in [2.24, 2.45) is 0 Å². The normalized spacial score (nSPS) is 13.2. The van der Waals surface area contributed by atoms with Gasteiger partial charge >= 0.3 is 0 Å². The van der Waals surface area contributed by atoms with Crippen LogP contribution in [0.4, 0.5) is 0 Å². The molecule has 8 heteroatoms. The van der Waals surface area contributed by atoms with Gasteiger partial charge in [0.25, 0.3) is 0 Å². The molecule has 0 unspecified atom stereocenters. The lowest BCUT2D eigenvalue weighted by Gasteiger charge is -2.28. The van der Waals surface area contributed by atoms with Crippen LogP contribution in [0.25, 0.3) is 11.1 Å². The molecule has 0 saturated heterocycles. The van der Waals surface area contributed by atoms with Gasteiger partial charge in [0.15, 0.2) is 11.5 Å². The Labute approximate surface area is 209 Å². The van der Waals surface area contributed by atoms with Crippen LogP contribution in [0.5, 0.6) is 17.2 Å². The molecule has 0 bridgehead atoms. The summed E-state index contributed by atoms with van der Waals surface area (Å²) in [5.74, 6) is 2.36. The summed E-state index contributed by atoms with van der Waals surface area (Å²) in [5.41, 5.74) is 5.19. The summed E-state index contributed by atoms with van der Waals surface area (Å²) in [7, 11) is 6.87. The number of halogens is 1. The molecule has 34 heavy (non-hydrogen) atoms. The van der Waals surface area contributed by atoms with E-state index in [9.17, 15) is 5.26 Å². The second kappa shape index (κ2) is 10.6. The van der Waals surface area contributed by atoms with Gasteiger partial charge < -0.3 is 19.1 Å². The molecule has 1 aliphatic rings. The van der Waals surface area contributed by atoms with Crippen LogP contribution in [0.1, 0.15) is 22.4 Å². The summed E-state index contributed by atoms with van der Waals surface area (Å²) in [6, 6.07) is 13.8. The van der Waals surface area contributed by atoms with E-state index in [1.54, 1.807) is 27.4 Å². The number of ether oxygens (including phenoxy) is 3. The number of methoxy groups -OCH3 is 3. The van der Waals surface area contributed by atoms with Crippen molar-refractivity contribution in [3.8, 4) is 34.4 Å². The van der Waals surface area contributed by atoms with E-state index in [1.807, 2.05) is 30.3 Å². The van der Waals surface area contributed by atoms with Crippen molar-refractivity contribution in [3.63, 3.8) is 0 Å². The molecule has 1 aliphatic heterocycles. The second-order valence-corrected chi connectivity index (χ2v) is 9.35. The van der Waals surface area contributed by atoms with Gasteiger partial charge in [-0.1, -0.05) is 29.8 Å². The lowest BCUT2D eigenvalue weighted by Crippen LogP contribution is -2.28. The molecule has 2 heterocycles. The van der Waals surface area contributed by atoms with Crippen molar-refractivity contribution in [1.82, 2.24) is 9.88 Å². The molecule has 0 fully saturated rings. The molecule has 4 rings (SSSR count). The first kappa shape index (κ1) is 24.2. The van der Waals surface area contributed by atoms with Gasteiger partial charge in [-0.15, -0.1) is 11.8 Å². The highest BCUT2D eigenvalue weighted by Gasteiger charge is 2.28. The molecular formula is C26H26ClN3O3S. The van der Waals surface area contributed by atoms with E-state index in [4.69, 9.17) is 30.8 Å². The number of likely N-dealkylation sites (N-methyl/N-ethyl adjacent to an activating group) is 1. The predicted octanol–water partition coefficient (Wildman–Crippen LogP) is 5.58. The third-order valence-electron chi connectivity index (χ3n) is 5.92. The summed E-state index contributed by atoms with van der Waals surface area (Å²) in [6.07, 6.45) is 0.805. The van der Waals surface area contributed by atoms with Crippen molar-refractivity contribution in [2.75, 3.05) is 34.9 Å². The maximum atomic E-state index is 10.3. The quantitative estimate of drug-likeness (QED) is 0.396. The third kappa shape index (κ3) is 4.67. The van der Waals surface area contributed by atoms with E-state index in [0.717, 1.165) is 40.9 Å².